The number of piperidine rings is 1. The fourth-order valence-electron chi connectivity index (χ4n) is 3.97. The van der Waals surface area contributed by atoms with E-state index in [1.54, 1.807) is 7.05 Å². The second kappa shape index (κ2) is 6.54. The predicted octanol–water partition coefficient (Wildman–Crippen LogP) is 2.92. The van der Waals surface area contributed by atoms with Gasteiger partial charge in [-0.05, 0) is 30.3 Å². The molecular formula is C20H18F3N3O2. The molecule has 1 N–H and O–H groups in total. The van der Waals surface area contributed by atoms with Crippen LogP contribution in [-0.4, -0.2) is 42.5 Å². The Labute approximate surface area is 159 Å². The Morgan fingerprint density at radius 2 is 1.64 bits per heavy atom. The van der Waals surface area contributed by atoms with Crippen molar-refractivity contribution in [1.29, 1.82) is 0 Å². The van der Waals surface area contributed by atoms with Crippen LogP contribution < -0.4 is 10.2 Å². The average molecular weight is 389 g/mol. The van der Waals surface area contributed by atoms with E-state index in [0.717, 1.165) is 12.1 Å². The van der Waals surface area contributed by atoms with E-state index in [1.807, 2.05) is 4.90 Å². The Bertz CT molecular complexity index is 951. The number of fused-ring (bicyclic) bond motifs is 1. The van der Waals surface area contributed by atoms with Crippen molar-refractivity contribution < 1.29 is 22.8 Å². The number of benzene rings is 2. The normalized spacial score (nSPS) is 18.1. The molecule has 1 spiro atoms. The van der Waals surface area contributed by atoms with Crippen molar-refractivity contribution in [3.05, 3.63) is 65.0 Å². The summed E-state index contributed by atoms with van der Waals surface area (Å²) in [4.78, 5) is 28.4. The molecule has 146 valence electrons. The molecule has 28 heavy (non-hydrogen) atoms. The zero-order chi connectivity index (χ0) is 20.1. The first-order chi connectivity index (χ1) is 13.3. The van der Waals surface area contributed by atoms with Gasteiger partial charge < -0.3 is 15.1 Å². The summed E-state index contributed by atoms with van der Waals surface area (Å²) >= 11 is 0. The van der Waals surface area contributed by atoms with Crippen molar-refractivity contribution in [3.63, 3.8) is 0 Å². The van der Waals surface area contributed by atoms with Crippen molar-refractivity contribution in [2.24, 2.45) is 0 Å². The minimum atomic E-state index is -0.810. The van der Waals surface area contributed by atoms with Gasteiger partial charge in [-0.15, -0.1) is 0 Å². The SMILES string of the molecule is CN1c2cc(F)ccc2C(=O)NC12CCN(C(=O)c1cc(F)cc(F)c1)CC2. The predicted molar refractivity (Wildman–Crippen MR) is 96.5 cm³/mol. The van der Waals surface area contributed by atoms with Gasteiger partial charge in [0.1, 0.15) is 23.1 Å². The molecule has 0 atom stereocenters. The number of anilines is 1. The van der Waals surface area contributed by atoms with Gasteiger partial charge in [-0.1, -0.05) is 0 Å². The van der Waals surface area contributed by atoms with Crippen LogP contribution in [0, 0.1) is 17.5 Å². The quantitative estimate of drug-likeness (QED) is 0.816. The fourth-order valence-corrected chi connectivity index (χ4v) is 3.97. The highest BCUT2D eigenvalue weighted by Crippen LogP contribution is 2.36. The third kappa shape index (κ3) is 2.98. The third-order valence-electron chi connectivity index (χ3n) is 5.54. The topological polar surface area (TPSA) is 52.7 Å². The van der Waals surface area contributed by atoms with Gasteiger partial charge in [0.25, 0.3) is 11.8 Å². The number of nitrogens with zero attached hydrogens (tertiary/aromatic N) is 2. The Morgan fingerprint density at radius 3 is 2.29 bits per heavy atom. The minimum absolute atomic E-state index is 0.0538. The summed E-state index contributed by atoms with van der Waals surface area (Å²) in [5.74, 6) is -2.81. The number of rotatable bonds is 1. The van der Waals surface area contributed by atoms with Crippen LogP contribution in [0.2, 0.25) is 0 Å². The number of nitrogens with one attached hydrogen (secondary N) is 1. The largest absolute Gasteiger partial charge is 0.351 e. The van der Waals surface area contributed by atoms with Crippen LogP contribution in [0.1, 0.15) is 33.6 Å². The molecule has 2 aliphatic rings. The summed E-state index contributed by atoms with van der Waals surface area (Å²) < 4.78 is 40.5. The fraction of sp³-hybridized carbons (Fsp3) is 0.300. The highest BCUT2D eigenvalue weighted by Gasteiger charge is 2.45. The molecule has 1 saturated heterocycles. The zero-order valence-electron chi connectivity index (χ0n) is 15.1. The summed E-state index contributed by atoms with van der Waals surface area (Å²) in [7, 11) is 1.77. The third-order valence-corrected chi connectivity index (χ3v) is 5.54. The molecule has 8 heteroatoms. The summed E-state index contributed by atoms with van der Waals surface area (Å²) in [6, 6.07) is 6.73. The second-order valence-electron chi connectivity index (χ2n) is 7.16. The first-order valence-corrected chi connectivity index (χ1v) is 8.90. The number of hydrogen-bond donors (Lipinski definition) is 1. The maximum absolute atomic E-state index is 13.7. The molecule has 2 aromatic rings. The van der Waals surface area contributed by atoms with E-state index < -0.39 is 29.0 Å². The standard InChI is InChI=1S/C20H18F3N3O2/c1-25-17-11-13(21)2-3-16(17)18(27)24-20(25)4-6-26(7-5-20)19(28)12-8-14(22)10-15(23)9-12/h2-3,8-11H,4-7H2,1H3,(H,24,27). The summed E-state index contributed by atoms with van der Waals surface area (Å²) in [6.07, 6.45) is 0.795. The van der Waals surface area contributed by atoms with Crippen molar-refractivity contribution in [1.82, 2.24) is 10.2 Å². The first kappa shape index (κ1) is 18.3. The van der Waals surface area contributed by atoms with Gasteiger partial charge in [0.05, 0.1) is 11.3 Å². The highest BCUT2D eigenvalue weighted by molar-refractivity contribution is 6.02. The number of amides is 2. The van der Waals surface area contributed by atoms with Gasteiger partial charge in [0.2, 0.25) is 0 Å². The molecule has 4 rings (SSSR count). The number of carbonyl (C=O) groups excluding carboxylic acids is 2. The van der Waals surface area contributed by atoms with E-state index in [2.05, 4.69) is 5.32 Å². The van der Waals surface area contributed by atoms with Crippen LogP contribution in [0.3, 0.4) is 0 Å². The molecule has 2 heterocycles. The van der Waals surface area contributed by atoms with Gasteiger partial charge in [0, 0.05) is 44.6 Å². The van der Waals surface area contributed by atoms with Gasteiger partial charge >= 0.3 is 0 Å². The molecule has 0 bridgehead atoms. The van der Waals surface area contributed by atoms with Gasteiger partial charge in [-0.2, -0.15) is 0 Å². The highest BCUT2D eigenvalue weighted by atomic mass is 19.1. The molecule has 2 aliphatic heterocycles. The lowest BCUT2D eigenvalue weighted by Gasteiger charge is -2.51. The first-order valence-electron chi connectivity index (χ1n) is 8.90. The Kier molecular flexibility index (Phi) is 4.28. The molecule has 5 nitrogen and oxygen atoms in total. The van der Waals surface area contributed by atoms with E-state index in [4.69, 9.17) is 0 Å². The van der Waals surface area contributed by atoms with E-state index in [1.165, 1.54) is 23.1 Å². The van der Waals surface area contributed by atoms with Crippen molar-refractivity contribution in [3.8, 4) is 0 Å². The van der Waals surface area contributed by atoms with Crippen LogP contribution in [0.25, 0.3) is 0 Å². The molecule has 1 fully saturated rings. The van der Waals surface area contributed by atoms with Gasteiger partial charge in [0.15, 0.2) is 0 Å². The minimum Gasteiger partial charge on any atom is -0.351 e. The lowest BCUT2D eigenvalue weighted by atomic mass is 9.90. The van der Waals surface area contributed by atoms with Crippen LogP contribution in [0.4, 0.5) is 18.9 Å². The molecule has 2 aromatic carbocycles. The molecule has 0 saturated carbocycles. The van der Waals surface area contributed by atoms with Crippen LogP contribution in [-0.2, 0) is 0 Å². The van der Waals surface area contributed by atoms with Crippen LogP contribution in [0.5, 0.6) is 0 Å². The number of likely N-dealkylation sites (tertiary alicyclic amines) is 1. The number of hydrogen-bond acceptors (Lipinski definition) is 3. The van der Waals surface area contributed by atoms with Crippen molar-refractivity contribution in [2.75, 3.05) is 25.0 Å². The Hall–Kier alpha value is -3.03. The van der Waals surface area contributed by atoms with E-state index in [0.29, 0.717) is 30.2 Å². The maximum Gasteiger partial charge on any atom is 0.255 e. The number of halogens is 3. The monoisotopic (exact) mass is 389 g/mol. The average Bonchev–Trinajstić information content (AvgIpc) is 2.65. The molecule has 2 amide bonds. The molecule has 0 aromatic heterocycles. The summed E-state index contributed by atoms with van der Waals surface area (Å²) in [5, 5.41) is 2.98. The molecular weight excluding hydrogens is 371 g/mol. The van der Waals surface area contributed by atoms with Crippen molar-refractivity contribution in [2.45, 2.75) is 18.5 Å². The number of carbonyl (C=O) groups is 2. The Morgan fingerprint density at radius 1 is 1.00 bits per heavy atom. The summed E-state index contributed by atoms with van der Waals surface area (Å²) in [6.45, 7) is 0.568. The lowest BCUT2D eigenvalue weighted by Crippen LogP contribution is -2.67. The van der Waals surface area contributed by atoms with Gasteiger partial charge in [-0.3, -0.25) is 9.59 Å². The van der Waals surface area contributed by atoms with E-state index >= 15 is 0 Å². The Balaban J connectivity index is 1.55. The lowest BCUT2D eigenvalue weighted by molar-refractivity contribution is 0.0608. The zero-order valence-corrected chi connectivity index (χ0v) is 15.1. The molecule has 0 unspecified atom stereocenters. The van der Waals surface area contributed by atoms with Crippen LogP contribution in [0.15, 0.2) is 36.4 Å². The molecule has 0 radical (unpaired) electrons. The van der Waals surface area contributed by atoms with Crippen molar-refractivity contribution >= 4 is 17.5 Å². The van der Waals surface area contributed by atoms with Crippen LogP contribution >= 0.6 is 0 Å². The maximum atomic E-state index is 13.7. The van der Waals surface area contributed by atoms with E-state index in [-0.39, 0.29) is 24.6 Å². The second-order valence-corrected chi connectivity index (χ2v) is 7.16. The van der Waals surface area contributed by atoms with Gasteiger partial charge in [-0.25, -0.2) is 13.2 Å². The van der Waals surface area contributed by atoms with E-state index in [9.17, 15) is 22.8 Å². The summed E-state index contributed by atoms with van der Waals surface area (Å²) in [5.41, 5.74) is 0.0860. The molecule has 0 aliphatic carbocycles. The smallest absolute Gasteiger partial charge is 0.255 e.